The highest BCUT2D eigenvalue weighted by Crippen LogP contribution is 2.40. The number of hydrogen-bond donors (Lipinski definition) is 2. The molecular formula is C24H24N2O5. The first-order valence-electron chi connectivity index (χ1n) is 9.81. The number of benzene rings is 2. The SMILES string of the molecule is CC1(C)Oc2ccc(C#N)cc2[C@H](N/C=C/C(OCC=C=O)Oc2ccccc2)[C@H]1O. The average Bonchev–Trinajstić information content (AvgIpc) is 2.76. The van der Waals surface area contributed by atoms with Gasteiger partial charge in [0, 0.05) is 11.6 Å². The van der Waals surface area contributed by atoms with Crippen LogP contribution in [0.25, 0.3) is 0 Å². The zero-order valence-corrected chi connectivity index (χ0v) is 17.3. The van der Waals surface area contributed by atoms with Gasteiger partial charge in [0.25, 0.3) is 0 Å². The van der Waals surface area contributed by atoms with Gasteiger partial charge < -0.3 is 24.6 Å². The summed E-state index contributed by atoms with van der Waals surface area (Å²) in [7, 11) is 0. The van der Waals surface area contributed by atoms with Gasteiger partial charge in [-0.3, -0.25) is 0 Å². The predicted molar refractivity (Wildman–Crippen MR) is 114 cm³/mol. The summed E-state index contributed by atoms with van der Waals surface area (Å²) in [6, 6.07) is 15.8. The summed E-state index contributed by atoms with van der Waals surface area (Å²) >= 11 is 0. The Bertz CT molecular complexity index is 1010. The number of aliphatic hydroxyl groups excluding tert-OH is 1. The average molecular weight is 420 g/mol. The predicted octanol–water partition coefficient (Wildman–Crippen LogP) is 3.04. The van der Waals surface area contributed by atoms with E-state index in [0.29, 0.717) is 22.6 Å². The van der Waals surface area contributed by atoms with Crippen LogP contribution in [0.3, 0.4) is 0 Å². The number of nitriles is 1. The van der Waals surface area contributed by atoms with Gasteiger partial charge >= 0.3 is 0 Å². The Balaban J connectivity index is 1.80. The smallest absolute Gasteiger partial charge is 0.221 e. The molecule has 0 radical (unpaired) electrons. The number of hydrogen-bond acceptors (Lipinski definition) is 7. The topological polar surface area (TPSA) is 101 Å². The minimum Gasteiger partial charge on any atom is -0.485 e. The third kappa shape index (κ3) is 5.53. The maximum absolute atomic E-state index is 10.9. The van der Waals surface area contributed by atoms with Gasteiger partial charge in [0.05, 0.1) is 24.3 Å². The molecule has 31 heavy (non-hydrogen) atoms. The number of aliphatic hydroxyl groups is 1. The van der Waals surface area contributed by atoms with Crippen molar-refractivity contribution in [3.8, 4) is 17.6 Å². The minimum absolute atomic E-state index is 0.0344. The van der Waals surface area contributed by atoms with E-state index in [9.17, 15) is 15.2 Å². The zero-order chi connectivity index (χ0) is 22.3. The van der Waals surface area contributed by atoms with Crippen LogP contribution in [-0.4, -0.2) is 35.6 Å². The first-order chi connectivity index (χ1) is 14.9. The second kappa shape index (κ2) is 9.96. The molecule has 0 saturated carbocycles. The molecule has 3 atom stereocenters. The van der Waals surface area contributed by atoms with Crippen molar-refractivity contribution < 1.29 is 24.1 Å². The van der Waals surface area contributed by atoms with Gasteiger partial charge in [0.2, 0.25) is 6.29 Å². The summed E-state index contributed by atoms with van der Waals surface area (Å²) < 4.78 is 17.3. The van der Waals surface area contributed by atoms with Crippen molar-refractivity contribution in [3.63, 3.8) is 0 Å². The summed E-state index contributed by atoms with van der Waals surface area (Å²) in [5.41, 5.74) is 0.317. The van der Waals surface area contributed by atoms with Crippen molar-refractivity contribution in [3.05, 3.63) is 78.0 Å². The van der Waals surface area contributed by atoms with Gasteiger partial charge in [0.1, 0.15) is 29.1 Å². The van der Waals surface area contributed by atoms with Gasteiger partial charge in [-0.2, -0.15) is 5.26 Å². The molecule has 1 aliphatic rings. The summed E-state index contributed by atoms with van der Waals surface area (Å²) in [6.45, 7) is 3.63. The third-order valence-corrected chi connectivity index (χ3v) is 4.83. The van der Waals surface area contributed by atoms with E-state index in [1.54, 1.807) is 62.4 Å². The Morgan fingerprint density at radius 2 is 2.06 bits per heavy atom. The Morgan fingerprint density at radius 3 is 2.77 bits per heavy atom. The molecule has 7 nitrogen and oxygen atoms in total. The van der Waals surface area contributed by atoms with E-state index in [1.165, 1.54) is 6.08 Å². The van der Waals surface area contributed by atoms with Crippen LogP contribution in [-0.2, 0) is 9.53 Å². The van der Waals surface area contributed by atoms with Crippen LogP contribution in [0.2, 0.25) is 0 Å². The van der Waals surface area contributed by atoms with E-state index in [4.69, 9.17) is 14.2 Å². The number of nitrogens with zero attached hydrogens (tertiary/aromatic N) is 1. The highest BCUT2D eigenvalue weighted by Gasteiger charge is 2.42. The lowest BCUT2D eigenvalue weighted by molar-refractivity contribution is -0.0624. The molecule has 1 aliphatic heterocycles. The van der Waals surface area contributed by atoms with Gasteiger partial charge in [-0.1, -0.05) is 18.2 Å². The second-order valence-corrected chi connectivity index (χ2v) is 7.47. The molecule has 0 spiro atoms. The van der Waals surface area contributed by atoms with Crippen LogP contribution in [0, 0.1) is 11.3 Å². The van der Waals surface area contributed by atoms with Crippen LogP contribution in [0.4, 0.5) is 0 Å². The number of nitrogens with one attached hydrogen (secondary N) is 1. The molecule has 0 fully saturated rings. The van der Waals surface area contributed by atoms with Gasteiger partial charge in [-0.15, -0.1) is 0 Å². The van der Waals surface area contributed by atoms with E-state index in [0.717, 1.165) is 0 Å². The second-order valence-electron chi connectivity index (χ2n) is 7.47. The lowest BCUT2D eigenvalue weighted by Crippen LogP contribution is -2.51. The standard InChI is InChI=1S/C24H24N2O5/c1-24(2)23(28)22(19-15-17(16-25)9-10-20(19)31-24)26-12-11-21(29-14-6-13-27)30-18-7-4-3-5-8-18/h3-12,15,21-23,26,28H,14H2,1-2H3/b12-11+/t21?,22-,23+/m0/s1. The van der Waals surface area contributed by atoms with Gasteiger partial charge in [0.15, 0.2) is 0 Å². The normalized spacial score (nSPS) is 19.9. The first kappa shape index (κ1) is 22.1. The fourth-order valence-electron chi connectivity index (χ4n) is 3.23. The van der Waals surface area contributed by atoms with E-state index >= 15 is 0 Å². The highest BCUT2D eigenvalue weighted by molar-refractivity contribution is 5.46. The fourth-order valence-corrected chi connectivity index (χ4v) is 3.23. The molecule has 0 amide bonds. The van der Waals surface area contributed by atoms with Crippen LogP contribution in [0.1, 0.15) is 31.0 Å². The molecule has 2 aromatic carbocycles. The number of ether oxygens (including phenoxy) is 3. The summed E-state index contributed by atoms with van der Waals surface area (Å²) in [6.07, 6.45) is 2.80. The lowest BCUT2D eigenvalue weighted by Gasteiger charge is -2.42. The Kier molecular flexibility index (Phi) is 7.11. The molecule has 7 heteroatoms. The van der Waals surface area contributed by atoms with E-state index < -0.39 is 24.0 Å². The maximum Gasteiger partial charge on any atom is 0.221 e. The largest absolute Gasteiger partial charge is 0.485 e. The zero-order valence-electron chi connectivity index (χ0n) is 17.3. The molecule has 1 unspecified atom stereocenters. The van der Waals surface area contributed by atoms with E-state index in [1.807, 2.05) is 18.2 Å². The molecule has 0 bridgehead atoms. The first-order valence-corrected chi connectivity index (χ1v) is 9.81. The summed E-state index contributed by atoms with van der Waals surface area (Å²) in [4.78, 5) is 10.4. The lowest BCUT2D eigenvalue weighted by atomic mass is 9.86. The molecule has 2 N–H and O–H groups in total. The van der Waals surface area contributed by atoms with E-state index in [-0.39, 0.29) is 6.61 Å². The van der Waals surface area contributed by atoms with Gasteiger partial charge in [-0.05, 0) is 56.5 Å². The number of para-hydroxylation sites is 1. The van der Waals surface area contributed by atoms with Crippen molar-refractivity contribution in [2.45, 2.75) is 37.9 Å². The molecular weight excluding hydrogens is 396 g/mol. The molecule has 160 valence electrons. The maximum atomic E-state index is 10.9. The fraction of sp³-hybridized carbons (Fsp3) is 0.292. The van der Waals surface area contributed by atoms with Crippen molar-refractivity contribution in [2.24, 2.45) is 0 Å². The highest BCUT2D eigenvalue weighted by atomic mass is 16.7. The van der Waals surface area contributed by atoms with Crippen LogP contribution in [0.5, 0.6) is 11.5 Å². The number of rotatable bonds is 8. The van der Waals surface area contributed by atoms with Crippen molar-refractivity contribution in [1.29, 1.82) is 5.26 Å². The molecule has 3 rings (SSSR count). The molecule has 2 aromatic rings. The summed E-state index contributed by atoms with van der Waals surface area (Å²) in [5, 5.41) is 23.3. The molecule has 0 aromatic heterocycles. The quantitative estimate of drug-likeness (QED) is 0.500. The van der Waals surface area contributed by atoms with Crippen LogP contribution in [0.15, 0.2) is 66.9 Å². The minimum atomic E-state index is -0.883. The van der Waals surface area contributed by atoms with E-state index in [2.05, 4.69) is 11.4 Å². The summed E-state index contributed by atoms with van der Waals surface area (Å²) in [5.74, 6) is 2.86. The molecule has 0 aliphatic carbocycles. The van der Waals surface area contributed by atoms with Crippen molar-refractivity contribution in [1.82, 2.24) is 5.32 Å². The third-order valence-electron chi connectivity index (χ3n) is 4.83. The Labute approximate surface area is 181 Å². The Hall–Kier alpha value is -3.56. The van der Waals surface area contributed by atoms with Gasteiger partial charge in [-0.25, -0.2) is 4.79 Å². The molecule has 1 heterocycles. The van der Waals surface area contributed by atoms with Crippen molar-refractivity contribution >= 4 is 5.94 Å². The molecule has 0 saturated heterocycles. The van der Waals surface area contributed by atoms with Crippen LogP contribution < -0.4 is 14.8 Å². The number of carbonyl (C=O) groups excluding carboxylic acids is 1. The monoisotopic (exact) mass is 420 g/mol. The van der Waals surface area contributed by atoms with Crippen molar-refractivity contribution in [2.75, 3.05) is 6.61 Å². The Morgan fingerprint density at radius 1 is 1.29 bits per heavy atom. The van der Waals surface area contributed by atoms with Crippen LogP contribution >= 0.6 is 0 Å². The number of fused-ring (bicyclic) bond motifs is 1.